The van der Waals surface area contributed by atoms with Gasteiger partial charge in [0.25, 0.3) is 0 Å². The monoisotopic (exact) mass is 297 g/mol. The Labute approximate surface area is 128 Å². The van der Waals surface area contributed by atoms with Gasteiger partial charge in [0, 0.05) is 24.9 Å². The molecule has 0 spiro atoms. The van der Waals surface area contributed by atoms with Crippen molar-refractivity contribution in [2.45, 2.75) is 71.4 Å². The minimum Gasteiger partial charge on any atom is -0.353 e. The molecule has 2 atom stereocenters. The lowest BCUT2D eigenvalue weighted by atomic mass is 9.88. The molecule has 4 N–H and O–H groups in total. The number of carbonyl (C=O) groups excluding carboxylic acids is 2. The summed E-state index contributed by atoms with van der Waals surface area (Å²) >= 11 is 0. The maximum absolute atomic E-state index is 12.1. The zero-order valence-corrected chi connectivity index (χ0v) is 13.9. The standard InChI is InChI=1S/C16H31N3O2/c1-11(2)16(4,10-17)19-14(20)9-12(3)18-15(21)13-7-5-6-8-13/h11-13H,5-10,17H2,1-4H3,(H,18,21)(H,19,20). The molecule has 1 aliphatic carbocycles. The summed E-state index contributed by atoms with van der Waals surface area (Å²) < 4.78 is 0. The van der Waals surface area contributed by atoms with Crippen LogP contribution in [0.4, 0.5) is 0 Å². The Hall–Kier alpha value is -1.10. The number of rotatable bonds is 7. The van der Waals surface area contributed by atoms with E-state index in [-0.39, 0.29) is 29.7 Å². The average molecular weight is 297 g/mol. The van der Waals surface area contributed by atoms with Crippen LogP contribution < -0.4 is 16.4 Å². The minimum absolute atomic E-state index is 0.0594. The van der Waals surface area contributed by atoms with E-state index < -0.39 is 5.54 Å². The van der Waals surface area contributed by atoms with Crippen molar-refractivity contribution in [1.29, 1.82) is 0 Å². The third-order valence-corrected chi connectivity index (χ3v) is 4.73. The zero-order chi connectivity index (χ0) is 16.0. The number of nitrogens with two attached hydrogens (primary N) is 1. The molecule has 0 aromatic heterocycles. The van der Waals surface area contributed by atoms with Gasteiger partial charge in [-0.15, -0.1) is 0 Å². The molecule has 0 aromatic rings. The van der Waals surface area contributed by atoms with Gasteiger partial charge in [0.05, 0.1) is 5.54 Å². The molecule has 0 heterocycles. The maximum atomic E-state index is 12.1. The second-order valence-corrected chi connectivity index (χ2v) is 6.92. The SMILES string of the molecule is CC(CC(=O)NC(C)(CN)C(C)C)NC(=O)C1CCCC1. The highest BCUT2D eigenvalue weighted by Gasteiger charge is 2.29. The topological polar surface area (TPSA) is 84.2 Å². The van der Waals surface area contributed by atoms with Gasteiger partial charge in [0.1, 0.15) is 0 Å². The molecule has 0 aromatic carbocycles. The molecule has 0 saturated heterocycles. The molecule has 122 valence electrons. The largest absolute Gasteiger partial charge is 0.353 e. The third kappa shape index (κ3) is 5.30. The summed E-state index contributed by atoms with van der Waals surface area (Å²) in [5, 5.41) is 5.96. The Bertz CT molecular complexity index is 365. The molecule has 1 saturated carbocycles. The van der Waals surface area contributed by atoms with Crippen molar-refractivity contribution >= 4 is 11.8 Å². The van der Waals surface area contributed by atoms with Crippen LogP contribution in [0, 0.1) is 11.8 Å². The molecule has 5 heteroatoms. The van der Waals surface area contributed by atoms with Crippen molar-refractivity contribution in [3.8, 4) is 0 Å². The molecule has 1 aliphatic rings. The Balaban J connectivity index is 2.41. The van der Waals surface area contributed by atoms with Gasteiger partial charge in [-0.3, -0.25) is 9.59 Å². The van der Waals surface area contributed by atoms with Crippen molar-refractivity contribution < 1.29 is 9.59 Å². The minimum atomic E-state index is -0.397. The first-order valence-electron chi connectivity index (χ1n) is 8.10. The van der Waals surface area contributed by atoms with Gasteiger partial charge < -0.3 is 16.4 Å². The fourth-order valence-electron chi connectivity index (χ4n) is 2.68. The number of hydrogen-bond acceptors (Lipinski definition) is 3. The van der Waals surface area contributed by atoms with Gasteiger partial charge in [-0.05, 0) is 32.6 Å². The first kappa shape index (κ1) is 18.0. The van der Waals surface area contributed by atoms with Gasteiger partial charge in [-0.2, -0.15) is 0 Å². The van der Waals surface area contributed by atoms with E-state index in [1.165, 1.54) is 0 Å². The quantitative estimate of drug-likeness (QED) is 0.667. The summed E-state index contributed by atoms with van der Waals surface area (Å²) in [6.45, 7) is 8.31. The number of nitrogens with one attached hydrogen (secondary N) is 2. The number of hydrogen-bond donors (Lipinski definition) is 3. The Kier molecular flexibility index (Phi) is 6.65. The number of amides is 2. The van der Waals surface area contributed by atoms with Crippen LogP contribution in [0.15, 0.2) is 0 Å². The van der Waals surface area contributed by atoms with Gasteiger partial charge >= 0.3 is 0 Å². The highest BCUT2D eigenvalue weighted by atomic mass is 16.2. The van der Waals surface area contributed by atoms with Gasteiger partial charge in [0.2, 0.25) is 11.8 Å². The van der Waals surface area contributed by atoms with Crippen LogP contribution >= 0.6 is 0 Å². The smallest absolute Gasteiger partial charge is 0.223 e. The molecule has 5 nitrogen and oxygen atoms in total. The molecule has 2 amide bonds. The van der Waals surface area contributed by atoms with Crippen LogP contribution in [-0.4, -0.2) is 29.9 Å². The van der Waals surface area contributed by atoms with Gasteiger partial charge in [0.15, 0.2) is 0 Å². The average Bonchev–Trinajstić information content (AvgIpc) is 2.91. The van der Waals surface area contributed by atoms with E-state index in [1.807, 2.05) is 27.7 Å². The Morgan fingerprint density at radius 2 is 1.81 bits per heavy atom. The summed E-state index contributed by atoms with van der Waals surface area (Å²) in [6, 6.07) is -0.146. The Morgan fingerprint density at radius 1 is 1.24 bits per heavy atom. The van der Waals surface area contributed by atoms with Crippen molar-refractivity contribution in [1.82, 2.24) is 10.6 Å². The van der Waals surface area contributed by atoms with Crippen molar-refractivity contribution in [3.63, 3.8) is 0 Å². The molecule has 1 fully saturated rings. The predicted octanol–water partition coefficient (Wildman–Crippen LogP) is 1.56. The van der Waals surface area contributed by atoms with Crippen molar-refractivity contribution in [2.24, 2.45) is 17.6 Å². The molecular weight excluding hydrogens is 266 g/mol. The number of carbonyl (C=O) groups is 2. The maximum Gasteiger partial charge on any atom is 0.223 e. The van der Waals surface area contributed by atoms with Crippen molar-refractivity contribution in [3.05, 3.63) is 0 Å². The summed E-state index contributed by atoms with van der Waals surface area (Å²) in [6.07, 6.45) is 4.51. The zero-order valence-electron chi connectivity index (χ0n) is 13.9. The summed E-state index contributed by atoms with van der Waals surface area (Å²) in [4.78, 5) is 24.1. The lowest BCUT2D eigenvalue weighted by molar-refractivity contribution is -0.126. The van der Waals surface area contributed by atoms with Crippen LogP contribution in [0.1, 0.15) is 59.8 Å². The highest BCUT2D eigenvalue weighted by Crippen LogP contribution is 2.24. The van der Waals surface area contributed by atoms with Crippen LogP contribution in [-0.2, 0) is 9.59 Å². The summed E-state index contributed by atoms with van der Waals surface area (Å²) in [7, 11) is 0. The fraction of sp³-hybridized carbons (Fsp3) is 0.875. The molecule has 2 unspecified atom stereocenters. The van der Waals surface area contributed by atoms with Crippen LogP contribution in [0.3, 0.4) is 0 Å². The molecule has 0 aliphatic heterocycles. The van der Waals surface area contributed by atoms with Gasteiger partial charge in [-0.1, -0.05) is 26.7 Å². The highest BCUT2D eigenvalue weighted by molar-refractivity contribution is 5.81. The van der Waals surface area contributed by atoms with Gasteiger partial charge in [-0.25, -0.2) is 0 Å². The second kappa shape index (κ2) is 7.78. The van der Waals surface area contributed by atoms with E-state index in [1.54, 1.807) is 0 Å². The van der Waals surface area contributed by atoms with E-state index in [4.69, 9.17) is 5.73 Å². The molecule has 0 bridgehead atoms. The van der Waals surface area contributed by atoms with E-state index in [0.717, 1.165) is 25.7 Å². The fourth-order valence-corrected chi connectivity index (χ4v) is 2.68. The van der Waals surface area contributed by atoms with E-state index in [0.29, 0.717) is 13.0 Å². The molecule has 0 radical (unpaired) electrons. The Morgan fingerprint density at radius 3 is 2.29 bits per heavy atom. The molecule has 1 rings (SSSR count). The first-order chi connectivity index (χ1) is 9.78. The van der Waals surface area contributed by atoms with Crippen molar-refractivity contribution in [2.75, 3.05) is 6.54 Å². The van der Waals surface area contributed by atoms with E-state index >= 15 is 0 Å². The first-order valence-corrected chi connectivity index (χ1v) is 8.10. The summed E-state index contributed by atoms with van der Waals surface area (Å²) in [5.74, 6) is 0.435. The van der Waals surface area contributed by atoms with E-state index in [9.17, 15) is 9.59 Å². The van der Waals surface area contributed by atoms with Crippen LogP contribution in [0.25, 0.3) is 0 Å². The third-order valence-electron chi connectivity index (χ3n) is 4.73. The normalized spacial score (nSPS) is 20.1. The lowest BCUT2D eigenvalue weighted by Crippen LogP contribution is -2.55. The second-order valence-electron chi connectivity index (χ2n) is 6.92. The molecular formula is C16H31N3O2. The van der Waals surface area contributed by atoms with E-state index in [2.05, 4.69) is 10.6 Å². The summed E-state index contributed by atoms with van der Waals surface area (Å²) in [5.41, 5.74) is 5.37. The predicted molar refractivity (Wildman–Crippen MR) is 84.6 cm³/mol. The van der Waals surface area contributed by atoms with Crippen LogP contribution in [0.5, 0.6) is 0 Å². The van der Waals surface area contributed by atoms with Crippen LogP contribution in [0.2, 0.25) is 0 Å². The molecule has 21 heavy (non-hydrogen) atoms. The lowest BCUT2D eigenvalue weighted by Gasteiger charge is -2.34.